The van der Waals surface area contributed by atoms with Crippen LogP contribution in [-0.4, -0.2) is 12.1 Å². The highest BCUT2D eigenvalue weighted by atomic mass is 16.5. The smallest absolute Gasteiger partial charge is 0.306 e. The summed E-state index contributed by atoms with van der Waals surface area (Å²) in [5, 5.41) is 0. The van der Waals surface area contributed by atoms with Gasteiger partial charge in [-0.2, -0.15) is 0 Å². The van der Waals surface area contributed by atoms with Crippen LogP contribution in [-0.2, 0) is 9.53 Å². The van der Waals surface area contributed by atoms with E-state index in [-0.39, 0.29) is 12.1 Å². The van der Waals surface area contributed by atoms with Gasteiger partial charge in [0.25, 0.3) is 0 Å². The molecular formula is C40H66O2. The second-order valence-corrected chi connectivity index (χ2v) is 14.9. The molecule has 0 bridgehead atoms. The van der Waals surface area contributed by atoms with E-state index in [4.69, 9.17) is 4.74 Å². The Balaban J connectivity index is 1.50. The number of allylic oxidation sites excluding steroid dienone is 6. The monoisotopic (exact) mass is 579 g/mol. The normalized spacial score (nSPS) is 29.9. The van der Waals surface area contributed by atoms with Crippen molar-refractivity contribution < 1.29 is 9.53 Å². The molecule has 2 nitrogen and oxygen atoms in total. The Morgan fingerprint density at radius 2 is 1.62 bits per heavy atom. The summed E-state index contributed by atoms with van der Waals surface area (Å²) in [5.41, 5.74) is 4.60. The molecule has 3 fully saturated rings. The van der Waals surface area contributed by atoms with Gasteiger partial charge in [0.15, 0.2) is 0 Å². The van der Waals surface area contributed by atoms with E-state index in [1.807, 2.05) is 0 Å². The third-order valence-corrected chi connectivity index (χ3v) is 11.4. The second-order valence-electron chi connectivity index (χ2n) is 14.9. The lowest BCUT2D eigenvalue weighted by atomic mass is 9.61. The molecule has 0 saturated heterocycles. The van der Waals surface area contributed by atoms with E-state index in [9.17, 15) is 4.79 Å². The molecule has 3 aliphatic carbocycles. The van der Waals surface area contributed by atoms with Crippen molar-refractivity contribution in [3.63, 3.8) is 0 Å². The Morgan fingerprint density at radius 1 is 0.929 bits per heavy atom. The van der Waals surface area contributed by atoms with Crippen molar-refractivity contribution in [1.82, 2.24) is 0 Å². The summed E-state index contributed by atoms with van der Waals surface area (Å²) in [7, 11) is 0. The molecule has 0 radical (unpaired) electrons. The van der Waals surface area contributed by atoms with Crippen LogP contribution in [0.2, 0.25) is 0 Å². The second kappa shape index (κ2) is 17.7. The van der Waals surface area contributed by atoms with Gasteiger partial charge < -0.3 is 4.74 Å². The van der Waals surface area contributed by atoms with Crippen LogP contribution in [0.25, 0.3) is 0 Å². The van der Waals surface area contributed by atoms with Crippen LogP contribution in [0.4, 0.5) is 0 Å². The zero-order valence-electron chi connectivity index (χ0n) is 28.5. The first-order valence-electron chi connectivity index (χ1n) is 18.1. The van der Waals surface area contributed by atoms with Crippen molar-refractivity contribution in [1.29, 1.82) is 0 Å². The molecule has 6 atom stereocenters. The molecular weight excluding hydrogens is 512 g/mol. The Kier molecular flexibility index (Phi) is 14.7. The first-order valence-corrected chi connectivity index (χ1v) is 18.1. The summed E-state index contributed by atoms with van der Waals surface area (Å²) in [6.45, 7) is 18.7. The fourth-order valence-electron chi connectivity index (χ4n) is 8.16. The largest absolute Gasteiger partial charge is 0.462 e. The Labute approximate surface area is 260 Å². The molecule has 0 aliphatic heterocycles. The molecule has 1 unspecified atom stereocenters. The lowest BCUT2D eigenvalue weighted by Crippen LogP contribution is -2.35. The Bertz CT molecular complexity index is 935. The molecule has 0 spiro atoms. The molecule has 3 saturated carbocycles. The van der Waals surface area contributed by atoms with Gasteiger partial charge in [-0.1, -0.05) is 135 Å². The molecule has 0 aromatic carbocycles. The van der Waals surface area contributed by atoms with Gasteiger partial charge in [-0.15, -0.1) is 0 Å². The van der Waals surface area contributed by atoms with Gasteiger partial charge in [0, 0.05) is 12.8 Å². The number of hydrogen-bond acceptors (Lipinski definition) is 2. The molecule has 2 heteroatoms. The third kappa shape index (κ3) is 10.3. The van der Waals surface area contributed by atoms with E-state index in [0.717, 1.165) is 38.0 Å². The zero-order chi connectivity index (χ0) is 30.5. The average Bonchev–Trinajstić information content (AvgIpc) is 3.32. The van der Waals surface area contributed by atoms with Gasteiger partial charge in [0.2, 0.25) is 0 Å². The van der Waals surface area contributed by atoms with Crippen LogP contribution in [0.1, 0.15) is 157 Å². The number of hydrogen-bond donors (Lipinski definition) is 0. The minimum Gasteiger partial charge on any atom is -0.462 e. The first-order chi connectivity index (χ1) is 20.2. The van der Waals surface area contributed by atoms with Crippen molar-refractivity contribution in [3.05, 3.63) is 47.6 Å². The summed E-state index contributed by atoms with van der Waals surface area (Å²) in [6, 6.07) is 0. The van der Waals surface area contributed by atoms with Crippen LogP contribution in [0.5, 0.6) is 0 Å². The summed E-state index contributed by atoms with van der Waals surface area (Å²) in [6.07, 6.45) is 31.1. The lowest BCUT2D eigenvalue weighted by Gasteiger charge is -2.44. The van der Waals surface area contributed by atoms with E-state index in [1.54, 1.807) is 5.57 Å². The van der Waals surface area contributed by atoms with E-state index in [2.05, 4.69) is 72.4 Å². The molecule has 0 aromatic heterocycles. The Hall–Kier alpha value is -1.57. The van der Waals surface area contributed by atoms with Gasteiger partial charge in [-0.25, -0.2) is 0 Å². The van der Waals surface area contributed by atoms with Gasteiger partial charge in [0.1, 0.15) is 6.10 Å². The highest BCUT2D eigenvalue weighted by Crippen LogP contribution is 2.59. The SMILES string of the molecule is C=C1CC[C@H](OC(=O)CCCCCCCCCCC)CC1=CC=C1CCC[C@@]2(C)C1CC[C@@H]2[C@H](C)C=C[C@H](C)C(C)C. The molecule has 0 heterocycles. The fraction of sp³-hybridized carbons (Fsp3) is 0.775. The van der Waals surface area contributed by atoms with Crippen molar-refractivity contribution in [3.8, 4) is 0 Å². The first kappa shape index (κ1) is 34.9. The maximum atomic E-state index is 12.6. The van der Waals surface area contributed by atoms with Crippen LogP contribution in [0.15, 0.2) is 47.6 Å². The van der Waals surface area contributed by atoms with E-state index < -0.39 is 0 Å². The van der Waals surface area contributed by atoms with Gasteiger partial charge in [-0.05, 0) is 91.9 Å². The van der Waals surface area contributed by atoms with Crippen LogP contribution in [0.3, 0.4) is 0 Å². The Morgan fingerprint density at radius 3 is 2.31 bits per heavy atom. The van der Waals surface area contributed by atoms with Crippen molar-refractivity contribution in [2.45, 2.75) is 163 Å². The molecule has 0 amide bonds. The number of carbonyl (C=O) groups is 1. The molecule has 3 aliphatic rings. The van der Waals surface area contributed by atoms with E-state index in [1.165, 1.54) is 88.2 Å². The van der Waals surface area contributed by atoms with E-state index >= 15 is 0 Å². The van der Waals surface area contributed by atoms with Gasteiger partial charge >= 0.3 is 5.97 Å². The van der Waals surface area contributed by atoms with Gasteiger partial charge in [-0.3, -0.25) is 4.79 Å². The molecule has 42 heavy (non-hydrogen) atoms. The predicted octanol–water partition coefficient (Wildman–Crippen LogP) is 12.1. The van der Waals surface area contributed by atoms with Crippen LogP contribution >= 0.6 is 0 Å². The summed E-state index contributed by atoms with van der Waals surface area (Å²) >= 11 is 0. The average molecular weight is 579 g/mol. The zero-order valence-corrected chi connectivity index (χ0v) is 28.5. The quantitative estimate of drug-likeness (QED) is 0.103. The number of ether oxygens (including phenoxy) is 1. The standard InChI is InChI=1S/C40H66O2/c1-8-9-10-11-12-13-14-15-16-19-39(41)42-36-25-22-32(5)35(29-36)24-23-34-18-17-28-40(7)37(26-27-38(34)40)33(6)21-20-31(4)30(2)3/h20-21,23-24,30-31,33,36-38H,5,8-19,22,25-29H2,1-4,6-7H3/t31-,33+,36-,37+,38?,40+/m0/s1. The van der Waals surface area contributed by atoms with E-state index in [0.29, 0.717) is 35.5 Å². The maximum absolute atomic E-state index is 12.6. The van der Waals surface area contributed by atoms with Crippen LogP contribution in [0, 0.1) is 35.0 Å². The molecule has 0 N–H and O–H groups in total. The maximum Gasteiger partial charge on any atom is 0.306 e. The number of esters is 1. The predicted molar refractivity (Wildman–Crippen MR) is 181 cm³/mol. The van der Waals surface area contributed by atoms with Crippen molar-refractivity contribution >= 4 is 5.97 Å². The number of rotatable bonds is 16. The lowest BCUT2D eigenvalue weighted by molar-refractivity contribution is -0.149. The van der Waals surface area contributed by atoms with Gasteiger partial charge in [0.05, 0.1) is 0 Å². The van der Waals surface area contributed by atoms with Crippen molar-refractivity contribution in [2.75, 3.05) is 0 Å². The van der Waals surface area contributed by atoms with Crippen molar-refractivity contribution in [2.24, 2.45) is 35.0 Å². The topological polar surface area (TPSA) is 26.3 Å². The summed E-state index contributed by atoms with van der Waals surface area (Å²) in [4.78, 5) is 12.6. The molecule has 238 valence electrons. The summed E-state index contributed by atoms with van der Waals surface area (Å²) < 4.78 is 5.97. The fourth-order valence-corrected chi connectivity index (χ4v) is 8.16. The number of carbonyl (C=O) groups excluding carboxylic acids is 1. The third-order valence-electron chi connectivity index (χ3n) is 11.4. The molecule has 3 rings (SSSR count). The van der Waals surface area contributed by atoms with Crippen LogP contribution < -0.4 is 0 Å². The minimum atomic E-state index is -0.000774. The minimum absolute atomic E-state index is 0.000774. The number of fused-ring (bicyclic) bond motifs is 1. The summed E-state index contributed by atoms with van der Waals surface area (Å²) in [5.74, 6) is 3.46. The highest BCUT2D eigenvalue weighted by molar-refractivity contribution is 5.69. The molecule has 0 aromatic rings. The number of unbranched alkanes of at least 4 members (excludes halogenated alkanes) is 8. The highest BCUT2D eigenvalue weighted by Gasteiger charge is 2.50.